The van der Waals surface area contributed by atoms with Crippen molar-refractivity contribution < 1.29 is 0 Å². The Bertz CT molecular complexity index is 705. The molecule has 0 aliphatic rings. The highest BCUT2D eigenvalue weighted by molar-refractivity contribution is 6.01. The summed E-state index contributed by atoms with van der Waals surface area (Å²) in [5, 5.41) is 28.2. The van der Waals surface area contributed by atoms with Crippen molar-refractivity contribution in [2.75, 3.05) is 0 Å². The predicted molar refractivity (Wildman–Crippen MR) is 79.4 cm³/mol. The quantitative estimate of drug-likeness (QED) is 0.457. The lowest BCUT2D eigenvalue weighted by Crippen LogP contribution is -1.99. The molecular weight excluding hydrogens is 280 g/mol. The number of aromatic nitrogens is 8. The number of aromatic amines is 4. The molecule has 0 atom stereocenters. The van der Waals surface area contributed by atoms with E-state index in [9.17, 15) is 0 Å². The fourth-order valence-electron chi connectivity index (χ4n) is 2.41. The van der Waals surface area contributed by atoms with Crippen LogP contribution in [0.5, 0.6) is 0 Å². The third kappa shape index (κ3) is 2.03. The van der Waals surface area contributed by atoms with E-state index < -0.39 is 0 Å². The lowest BCUT2D eigenvalue weighted by atomic mass is 9.97. The molecule has 0 radical (unpaired) electrons. The van der Waals surface area contributed by atoms with Gasteiger partial charge in [0.1, 0.15) is 0 Å². The van der Waals surface area contributed by atoms with E-state index in [1.165, 1.54) is 0 Å². The smallest absolute Gasteiger partial charge is 0.0679 e. The normalized spacial score (nSPS) is 10.7. The van der Waals surface area contributed by atoms with Gasteiger partial charge in [0.25, 0.3) is 0 Å². The average Bonchev–Trinajstić information content (AvgIpc) is 3.35. The van der Waals surface area contributed by atoms with Crippen LogP contribution in [-0.2, 0) is 0 Å². The van der Waals surface area contributed by atoms with E-state index in [-0.39, 0.29) is 0 Å². The van der Waals surface area contributed by atoms with Gasteiger partial charge < -0.3 is 0 Å². The van der Waals surface area contributed by atoms with Crippen LogP contribution < -0.4 is 0 Å². The van der Waals surface area contributed by atoms with Gasteiger partial charge >= 0.3 is 0 Å². The Kier molecular flexibility index (Phi) is 2.90. The van der Waals surface area contributed by atoms with Crippen LogP contribution in [0.1, 0.15) is 22.8 Å². The van der Waals surface area contributed by atoms with Gasteiger partial charge in [-0.15, -0.1) is 0 Å². The molecule has 22 heavy (non-hydrogen) atoms. The molecule has 4 aromatic rings. The molecule has 0 spiro atoms. The summed E-state index contributed by atoms with van der Waals surface area (Å²) < 4.78 is 0. The van der Waals surface area contributed by atoms with Gasteiger partial charge in [0.05, 0.1) is 22.8 Å². The summed E-state index contributed by atoms with van der Waals surface area (Å²) in [6, 6.07) is 7.62. The summed E-state index contributed by atoms with van der Waals surface area (Å²) in [7, 11) is 0. The summed E-state index contributed by atoms with van der Waals surface area (Å²) in [5.41, 5.74) is 5.30. The minimum absolute atomic E-state index is 0.864. The Balaban J connectivity index is 2.06. The molecule has 0 aliphatic heterocycles. The van der Waals surface area contributed by atoms with Crippen LogP contribution in [0.2, 0.25) is 0 Å². The first-order chi connectivity index (χ1) is 10.9. The van der Waals surface area contributed by atoms with E-state index in [2.05, 4.69) is 40.8 Å². The lowest BCUT2D eigenvalue weighted by Gasteiger charge is -2.10. The second-order valence-electron chi connectivity index (χ2n) is 4.63. The number of H-pyrrole nitrogens is 4. The third-order valence-corrected chi connectivity index (χ3v) is 3.33. The van der Waals surface area contributed by atoms with Crippen molar-refractivity contribution in [1.29, 1.82) is 0 Å². The van der Waals surface area contributed by atoms with Crippen LogP contribution in [0.4, 0.5) is 0 Å². The van der Waals surface area contributed by atoms with Crippen LogP contribution in [0.15, 0.2) is 49.1 Å². The van der Waals surface area contributed by atoms with Gasteiger partial charge in [0, 0.05) is 35.9 Å². The molecular formula is C14H12N8. The van der Waals surface area contributed by atoms with E-state index >= 15 is 0 Å². The third-order valence-electron chi connectivity index (χ3n) is 3.33. The van der Waals surface area contributed by atoms with Gasteiger partial charge in [-0.2, -0.15) is 20.4 Å². The second kappa shape index (κ2) is 5.17. The maximum atomic E-state index is 4.05. The van der Waals surface area contributed by atoms with Gasteiger partial charge in [0.15, 0.2) is 0 Å². The van der Waals surface area contributed by atoms with Crippen LogP contribution >= 0.6 is 0 Å². The average molecular weight is 292 g/mol. The number of nitrogens with one attached hydrogen (secondary N) is 4. The van der Waals surface area contributed by atoms with E-state index in [1.807, 2.05) is 24.3 Å². The lowest BCUT2D eigenvalue weighted by molar-refractivity contribution is 1.04. The molecule has 4 aromatic heterocycles. The molecule has 0 unspecified atom stereocenters. The number of hydrogen-bond acceptors (Lipinski definition) is 4. The highest BCUT2D eigenvalue weighted by Gasteiger charge is 2.19. The molecule has 0 aliphatic carbocycles. The van der Waals surface area contributed by atoms with Crippen molar-refractivity contribution >= 4 is 11.1 Å². The van der Waals surface area contributed by atoms with Crippen molar-refractivity contribution in [1.82, 2.24) is 40.8 Å². The van der Waals surface area contributed by atoms with Crippen molar-refractivity contribution in [3.05, 3.63) is 71.8 Å². The summed E-state index contributed by atoms with van der Waals surface area (Å²) >= 11 is 0. The number of hydrogen-bond donors (Lipinski definition) is 4. The fraction of sp³-hybridized carbons (Fsp3) is 0. The molecule has 4 heterocycles. The largest absolute Gasteiger partial charge is 0.278 e. The van der Waals surface area contributed by atoms with Gasteiger partial charge in [-0.3, -0.25) is 20.4 Å². The highest BCUT2D eigenvalue weighted by atomic mass is 15.1. The molecule has 108 valence electrons. The van der Waals surface area contributed by atoms with Crippen LogP contribution in [-0.4, -0.2) is 40.8 Å². The van der Waals surface area contributed by atoms with E-state index in [0.717, 1.165) is 33.9 Å². The number of rotatable bonds is 4. The highest BCUT2D eigenvalue weighted by Crippen LogP contribution is 2.32. The summed E-state index contributed by atoms with van der Waals surface area (Å²) in [6.07, 6.45) is 6.85. The minimum Gasteiger partial charge on any atom is -0.278 e. The number of nitrogens with zero attached hydrogens (tertiary/aromatic N) is 4. The standard InChI is InChI=1S/C14H12N8/c1-5-15-19-9(1)13(10-2-6-16-20-10)14(11-3-7-17-21-11)12-4-8-18-22-12/h1-8H,(H,15,19)(H,16,20)(H,17,21)(H,18,22). The van der Waals surface area contributed by atoms with E-state index in [4.69, 9.17) is 0 Å². The second-order valence-corrected chi connectivity index (χ2v) is 4.63. The molecule has 0 amide bonds. The zero-order valence-electron chi connectivity index (χ0n) is 11.4. The molecule has 0 bridgehead atoms. The van der Waals surface area contributed by atoms with Crippen molar-refractivity contribution in [3.63, 3.8) is 0 Å². The maximum Gasteiger partial charge on any atom is 0.0679 e. The van der Waals surface area contributed by atoms with Gasteiger partial charge in [-0.1, -0.05) is 0 Å². The molecule has 0 saturated heterocycles. The Morgan fingerprint density at radius 1 is 0.500 bits per heavy atom. The van der Waals surface area contributed by atoms with E-state index in [0.29, 0.717) is 0 Å². The summed E-state index contributed by atoms with van der Waals surface area (Å²) in [6.45, 7) is 0. The first-order valence-corrected chi connectivity index (χ1v) is 6.67. The van der Waals surface area contributed by atoms with Crippen molar-refractivity contribution in [2.45, 2.75) is 0 Å². The topological polar surface area (TPSA) is 115 Å². The molecule has 4 rings (SSSR count). The molecule has 0 aromatic carbocycles. The van der Waals surface area contributed by atoms with Crippen molar-refractivity contribution in [3.8, 4) is 0 Å². The summed E-state index contributed by atoms with van der Waals surface area (Å²) in [5.74, 6) is 0. The SMILES string of the molecule is c1cc(C(=C(c2ccn[nH]2)c2ccn[nH]2)c2ccn[nH]2)[nH]n1. The fourth-order valence-corrected chi connectivity index (χ4v) is 2.41. The van der Waals surface area contributed by atoms with Gasteiger partial charge in [-0.05, 0) is 24.3 Å². The molecule has 0 saturated carbocycles. The monoisotopic (exact) mass is 292 g/mol. The summed E-state index contributed by atoms with van der Waals surface area (Å²) in [4.78, 5) is 0. The predicted octanol–water partition coefficient (Wildman–Crippen LogP) is 1.59. The Morgan fingerprint density at radius 2 is 0.773 bits per heavy atom. The molecule has 0 fully saturated rings. The zero-order chi connectivity index (χ0) is 14.8. The Morgan fingerprint density at radius 3 is 0.955 bits per heavy atom. The molecule has 8 heteroatoms. The maximum absolute atomic E-state index is 4.05. The van der Waals surface area contributed by atoms with E-state index in [1.54, 1.807) is 24.8 Å². The zero-order valence-corrected chi connectivity index (χ0v) is 11.4. The van der Waals surface area contributed by atoms with Crippen molar-refractivity contribution in [2.24, 2.45) is 0 Å². The van der Waals surface area contributed by atoms with Crippen LogP contribution in [0, 0.1) is 0 Å². The Hall–Kier alpha value is -3.42. The van der Waals surface area contributed by atoms with Gasteiger partial charge in [-0.25, -0.2) is 0 Å². The first kappa shape index (κ1) is 12.3. The molecule has 4 N–H and O–H groups in total. The van der Waals surface area contributed by atoms with Crippen LogP contribution in [0.25, 0.3) is 11.1 Å². The Labute approximate surface area is 124 Å². The van der Waals surface area contributed by atoms with Gasteiger partial charge in [0.2, 0.25) is 0 Å². The minimum atomic E-state index is 0.864. The first-order valence-electron chi connectivity index (χ1n) is 6.67. The molecule has 8 nitrogen and oxygen atoms in total. The van der Waals surface area contributed by atoms with Crippen LogP contribution in [0.3, 0.4) is 0 Å².